The summed E-state index contributed by atoms with van der Waals surface area (Å²) in [4.78, 5) is 0. The molecule has 4 heteroatoms. The first kappa shape index (κ1) is 14.6. The number of aryl methyl sites for hydroxylation is 3. The predicted molar refractivity (Wildman–Crippen MR) is 76.2 cm³/mol. The Labute approximate surface area is 117 Å². The normalized spacial score (nSPS) is 12.5. The van der Waals surface area contributed by atoms with Crippen LogP contribution in [0.5, 0.6) is 0 Å². The molecule has 0 aliphatic rings. The Morgan fingerprint density at radius 3 is 2.05 bits per heavy atom. The molecule has 0 bridgehead atoms. The number of nitrogens with one attached hydrogen (secondary N) is 1. The molecule has 0 aliphatic heterocycles. The van der Waals surface area contributed by atoms with Crippen molar-refractivity contribution < 1.29 is 8.78 Å². The predicted octanol–water partition coefficient (Wildman–Crippen LogP) is 3.44. The van der Waals surface area contributed by atoms with E-state index in [9.17, 15) is 8.78 Å². The Kier molecular flexibility index (Phi) is 4.16. The van der Waals surface area contributed by atoms with Crippen molar-refractivity contribution in [2.75, 3.05) is 0 Å². The van der Waals surface area contributed by atoms with Crippen LogP contribution in [0, 0.1) is 32.4 Å². The van der Waals surface area contributed by atoms with E-state index in [1.807, 2.05) is 32.9 Å². The van der Waals surface area contributed by atoms with Crippen LogP contribution in [0.2, 0.25) is 0 Å². The van der Waals surface area contributed by atoms with E-state index in [-0.39, 0.29) is 6.04 Å². The molecule has 3 N–H and O–H groups in total. The Balaban J connectivity index is 2.55. The van der Waals surface area contributed by atoms with Gasteiger partial charge in [-0.15, -0.1) is 0 Å². The molecule has 0 spiro atoms. The lowest BCUT2D eigenvalue weighted by atomic mass is 9.90. The summed E-state index contributed by atoms with van der Waals surface area (Å²) >= 11 is 0. The molecular formula is C16H18F2N2. The van der Waals surface area contributed by atoms with Crippen molar-refractivity contribution in [1.29, 1.82) is 0 Å². The molecule has 0 aliphatic carbocycles. The summed E-state index contributed by atoms with van der Waals surface area (Å²) < 4.78 is 26.5. The highest BCUT2D eigenvalue weighted by atomic mass is 19.2. The third-order valence-electron chi connectivity index (χ3n) is 3.47. The highest BCUT2D eigenvalue weighted by Crippen LogP contribution is 2.29. The summed E-state index contributed by atoms with van der Waals surface area (Å²) in [7, 11) is 0. The number of hydrogen-bond acceptors (Lipinski definition) is 2. The van der Waals surface area contributed by atoms with Gasteiger partial charge in [0.15, 0.2) is 11.6 Å². The second-order valence-corrected chi connectivity index (χ2v) is 5.09. The summed E-state index contributed by atoms with van der Waals surface area (Å²) in [5.41, 5.74) is 7.57. The second kappa shape index (κ2) is 5.69. The fourth-order valence-electron chi connectivity index (χ4n) is 2.68. The van der Waals surface area contributed by atoms with E-state index in [0.717, 1.165) is 28.3 Å². The van der Waals surface area contributed by atoms with Crippen molar-refractivity contribution in [2.24, 2.45) is 5.84 Å². The van der Waals surface area contributed by atoms with E-state index in [2.05, 4.69) is 5.43 Å². The second-order valence-electron chi connectivity index (χ2n) is 5.09. The molecular weight excluding hydrogens is 258 g/mol. The van der Waals surface area contributed by atoms with Gasteiger partial charge in [-0.1, -0.05) is 23.8 Å². The lowest BCUT2D eigenvalue weighted by Gasteiger charge is -2.22. The van der Waals surface area contributed by atoms with Crippen molar-refractivity contribution in [3.05, 3.63) is 69.8 Å². The van der Waals surface area contributed by atoms with Crippen LogP contribution in [-0.4, -0.2) is 0 Å². The minimum absolute atomic E-state index is 0.370. The van der Waals surface area contributed by atoms with E-state index in [1.165, 1.54) is 6.07 Å². The van der Waals surface area contributed by atoms with Crippen LogP contribution in [0.1, 0.15) is 33.9 Å². The van der Waals surface area contributed by atoms with Crippen LogP contribution < -0.4 is 11.3 Å². The number of halogens is 2. The van der Waals surface area contributed by atoms with E-state index in [0.29, 0.717) is 5.56 Å². The van der Waals surface area contributed by atoms with E-state index < -0.39 is 11.6 Å². The van der Waals surface area contributed by atoms with Crippen LogP contribution in [-0.2, 0) is 0 Å². The van der Waals surface area contributed by atoms with Gasteiger partial charge in [0.2, 0.25) is 0 Å². The fourth-order valence-corrected chi connectivity index (χ4v) is 2.68. The SMILES string of the molecule is Cc1cc(C)c(C(NN)c2ccc(F)c(F)c2)c(C)c1. The van der Waals surface area contributed by atoms with Crippen LogP contribution in [0.3, 0.4) is 0 Å². The minimum Gasteiger partial charge on any atom is -0.271 e. The largest absolute Gasteiger partial charge is 0.271 e. The van der Waals surface area contributed by atoms with Gasteiger partial charge >= 0.3 is 0 Å². The van der Waals surface area contributed by atoms with Gasteiger partial charge in [0, 0.05) is 0 Å². The fraction of sp³-hybridized carbons (Fsp3) is 0.250. The van der Waals surface area contributed by atoms with Gasteiger partial charge in [-0.05, 0) is 55.2 Å². The first-order valence-corrected chi connectivity index (χ1v) is 6.43. The van der Waals surface area contributed by atoms with Crippen LogP contribution >= 0.6 is 0 Å². The molecule has 106 valence electrons. The maximum absolute atomic E-state index is 13.4. The monoisotopic (exact) mass is 276 g/mol. The zero-order valence-corrected chi connectivity index (χ0v) is 11.8. The minimum atomic E-state index is -0.870. The highest BCUT2D eigenvalue weighted by Gasteiger charge is 2.18. The van der Waals surface area contributed by atoms with Crippen LogP contribution in [0.4, 0.5) is 8.78 Å². The van der Waals surface area contributed by atoms with Crippen molar-refractivity contribution in [3.63, 3.8) is 0 Å². The Morgan fingerprint density at radius 1 is 0.950 bits per heavy atom. The van der Waals surface area contributed by atoms with Crippen molar-refractivity contribution in [3.8, 4) is 0 Å². The molecule has 0 heterocycles. The van der Waals surface area contributed by atoms with Gasteiger partial charge in [0.25, 0.3) is 0 Å². The Morgan fingerprint density at radius 2 is 1.55 bits per heavy atom. The Bertz CT molecular complexity index is 615. The smallest absolute Gasteiger partial charge is 0.159 e. The number of nitrogens with two attached hydrogens (primary N) is 1. The molecule has 2 aromatic rings. The highest BCUT2D eigenvalue weighted by molar-refractivity contribution is 5.44. The summed E-state index contributed by atoms with van der Waals surface area (Å²) in [5.74, 6) is 3.90. The van der Waals surface area contributed by atoms with Crippen molar-refractivity contribution in [2.45, 2.75) is 26.8 Å². The summed E-state index contributed by atoms with van der Waals surface area (Å²) in [6.45, 7) is 5.99. The van der Waals surface area contributed by atoms with Crippen LogP contribution in [0.15, 0.2) is 30.3 Å². The van der Waals surface area contributed by atoms with Gasteiger partial charge in [-0.2, -0.15) is 0 Å². The zero-order chi connectivity index (χ0) is 14.9. The molecule has 2 rings (SSSR count). The molecule has 2 aromatic carbocycles. The molecule has 0 fully saturated rings. The van der Waals surface area contributed by atoms with Gasteiger partial charge in [-0.25, -0.2) is 14.2 Å². The van der Waals surface area contributed by atoms with E-state index in [4.69, 9.17) is 5.84 Å². The molecule has 20 heavy (non-hydrogen) atoms. The lowest BCUT2D eigenvalue weighted by molar-refractivity contribution is 0.503. The summed E-state index contributed by atoms with van der Waals surface area (Å²) in [6.07, 6.45) is 0. The average molecular weight is 276 g/mol. The number of benzene rings is 2. The van der Waals surface area contributed by atoms with Crippen molar-refractivity contribution >= 4 is 0 Å². The Hall–Kier alpha value is -1.78. The maximum Gasteiger partial charge on any atom is 0.159 e. The van der Waals surface area contributed by atoms with Crippen LogP contribution in [0.25, 0.3) is 0 Å². The zero-order valence-electron chi connectivity index (χ0n) is 11.8. The third kappa shape index (κ3) is 2.71. The van der Waals surface area contributed by atoms with Gasteiger partial charge in [0.1, 0.15) is 0 Å². The van der Waals surface area contributed by atoms with E-state index in [1.54, 1.807) is 6.07 Å². The molecule has 2 nitrogen and oxygen atoms in total. The molecule has 1 atom stereocenters. The molecule has 0 amide bonds. The molecule has 0 saturated heterocycles. The molecule has 0 saturated carbocycles. The van der Waals surface area contributed by atoms with E-state index >= 15 is 0 Å². The standard InChI is InChI=1S/C16H18F2N2/c1-9-6-10(2)15(11(3)7-9)16(20-19)12-4-5-13(17)14(18)8-12/h4-8,16,20H,19H2,1-3H3. The van der Waals surface area contributed by atoms with Gasteiger partial charge in [0.05, 0.1) is 6.04 Å². The number of hydrazine groups is 1. The summed E-state index contributed by atoms with van der Waals surface area (Å²) in [6, 6.07) is 7.57. The summed E-state index contributed by atoms with van der Waals surface area (Å²) in [5, 5.41) is 0. The molecule has 1 unspecified atom stereocenters. The maximum atomic E-state index is 13.4. The first-order valence-electron chi connectivity index (χ1n) is 6.43. The van der Waals surface area contributed by atoms with Crippen molar-refractivity contribution in [1.82, 2.24) is 5.43 Å². The van der Waals surface area contributed by atoms with Gasteiger partial charge < -0.3 is 0 Å². The average Bonchev–Trinajstić information content (AvgIpc) is 2.37. The molecule has 0 aromatic heterocycles. The number of rotatable bonds is 3. The first-order chi connectivity index (χ1) is 9.43. The number of hydrogen-bond donors (Lipinski definition) is 2. The van der Waals surface area contributed by atoms with Gasteiger partial charge in [-0.3, -0.25) is 5.84 Å². The quantitative estimate of drug-likeness (QED) is 0.665. The molecule has 0 radical (unpaired) electrons. The topological polar surface area (TPSA) is 38.0 Å². The lowest BCUT2D eigenvalue weighted by Crippen LogP contribution is -2.30. The third-order valence-corrected chi connectivity index (χ3v) is 3.47.